The Morgan fingerprint density at radius 2 is 1.71 bits per heavy atom. The third-order valence-electron chi connectivity index (χ3n) is 11.7. The second-order valence-corrected chi connectivity index (χ2v) is 14.8. The van der Waals surface area contributed by atoms with E-state index < -0.39 is 20.8 Å². The first kappa shape index (κ1) is 28.9. The average Bonchev–Trinajstić information content (AvgIpc) is 3.09. The number of hydrogen-bond donors (Lipinski definition) is 1. The molecule has 0 aromatic rings. The van der Waals surface area contributed by atoms with Gasteiger partial charge in [0.25, 0.3) is 10.1 Å². The minimum Gasteiger partial charge on any atom is -0.548 e. The molecular formula is C27H45NaO5S. The molecule has 4 aliphatic rings. The van der Waals surface area contributed by atoms with Crippen molar-refractivity contribution >= 4 is 16.1 Å². The maximum atomic E-state index is 11.7. The Balaban J connectivity index is 0.00000324. The van der Waals surface area contributed by atoms with Crippen LogP contribution in [0.1, 0.15) is 111 Å². The number of carboxylic acid groups (broad SMARTS) is 1. The zero-order valence-corrected chi connectivity index (χ0v) is 25.0. The zero-order chi connectivity index (χ0) is 24.2. The molecule has 0 amide bonds. The molecule has 1 N–H and O–H groups in total. The van der Waals surface area contributed by atoms with Crippen LogP contribution in [0.3, 0.4) is 0 Å². The van der Waals surface area contributed by atoms with E-state index in [0.29, 0.717) is 29.1 Å². The molecule has 9 atom stereocenters. The van der Waals surface area contributed by atoms with Crippen LogP contribution in [0.4, 0.5) is 0 Å². The van der Waals surface area contributed by atoms with E-state index in [1.54, 1.807) is 0 Å². The summed E-state index contributed by atoms with van der Waals surface area (Å²) in [4.78, 5) is 11.4. The van der Waals surface area contributed by atoms with Gasteiger partial charge in [-0.05, 0) is 111 Å². The van der Waals surface area contributed by atoms with E-state index in [0.717, 1.165) is 37.0 Å². The molecule has 0 aliphatic heterocycles. The van der Waals surface area contributed by atoms with Gasteiger partial charge in [0.05, 0.1) is 5.97 Å². The molecule has 34 heavy (non-hydrogen) atoms. The number of rotatable bonds is 7. The Bertz CT molecular complexity index is 861. The third kappa shape index (κ3) is 4.70. The van der Waals surface area contributed by atoms with E-state index in [1.807, 2.05) is 0 Å². The number of fused-ring (bicyclic) bond motifs is 5. The maximum absolute atomic E-state index is 11.7. The standard InChI is InChI=1S/C27H46O5S.Na/c1-18(8-7-16-27(4,24(28)29)33(30,31)32)21-12-13-22-20-11-10-19-9-5-6-15-25(19,2)23(20)14-17-26(21,22)3;/h18-23H,5-17H2,1-4H3,(H,28,29)(H,30,31,32);/q;+1/p-1/t18-,19?,20+,21-,22+,23+,25+,26-,27?;/m1./s1. The molecule has 0 spiro atoms. The van der Waals surface area contributed by atoms with Crippen LogP contribution in [0.2, 0.25) is 0 Å². The Morgan fingerprint density at radius 3 is 2.35 bits per heavy atom. The fourth-order valence-electron chi connectivity index (χ4n) is 9.57. The molecule has 4 rings (SSSR count). The third-order valence-corrected chi connectivity index (χ3v) is 13.2. The molecule has 0 bridgehead atoms. The van der Waals surface area contributed by atoms with E-state index in [4.69, 9.17) is 0 Å². The largest absolute Gasteiger partial charge is 1.00 e. The molecule has 190 valence electrons. The van der Waals surface area contributed by atoms with Gasteiger partial charge in [-0.1, -0.05) is 46.5 Å². The van der Waals surface area contributed by atoms with E-state index >= 15 is 0 Å². The first-order valence-corrected chi connectivity index (χ1v) is 15.0. The molecule has 4 aliphatic carbocycles. The number of carbonyl (C=O) groups excluding carboxylic acids is 1. The van der Waals surface area contributed by atoms with Crippen molar-refractivity contribution < 1.29 is 52.4 Å². The topological polar surface area (TPSA) is 94.5 Å². The summed E-state index contributed by atoms with van der Waals surface area (Å²) < 4.78 is 30.5. The van der Waals surface area contributed by atoms with Gasteiger partial charge in [0.1, 0.15) is 4.75 Å². The Kier molecular flexibility index (Phi) is 8.74. The average molecular weight is 505 g/mol. The van der Waals surface area contributed by atoms with Crippen LogP contribution in [0.5, 0.6) is 0 Å². The smallest absolute Gasteiger partial charge is 0.548 e. The van der Waals surface area contributed by atoms with Gasteiger partial charge in [-0.2, -0.15) is 8.42 Å². The van der Waals surface area contributed by atoms with Gasteiger partial charge >= 0.3 is 29.6 Å². The van der Waals surface area contributed by atoms with E-state index in [9.17, 15) is 22.9 Å². The quantitative estimate of drug-likeness (QED) is 0.424. The monoisotopic (exact) mass is 504 g/mol. The van der Waals surface area contributed by atoms with Crippen molar-refractivity contribution in [3.05, 3.63) is 0 Å². The summed E-state index contributed by atoms with van der Waals surface area (Å²) in [5, 5.41) is 11.4. The summed E-state index contributed by atoms with van der Waals surface area (Å²) in [5.41, 5.74) is 0.899. The van der Waals surface area contributed by atoms with Crippen LogP contribution in [0, 0.1) is 46.3 Å². The zero-order valence-electron chi connectivity index (χ0n) is 22.1. The molecule has 0 heterocycles. The van der Waals surface area contributed by atoms with Crippen LogP contribution in [0.15, 0.2) is 0 Å². The van der Waals surface area contributed by atoms with Gasteiger partial charge in [-0.3, -0.25) is 4.55 Å². The Morgan fingerprint density at radius 1 is 1.03 bits per heavy atom. The van der Waals surface area contributed by atoms with Gasteiger partial charge in [0.2, 0.25) is 0 Å². The minimum atomic E-state index is -4.70. The van der Waals surface area contributed by atoms with Crippen LogP contribution in [0.25, 0.3) is 0 Å². The minimum absolute atomic E-state index is 0. The molecule has 5 nitrogen and oxygen atoms in total. The Labute approximate surface area is 229 Å². The summed E-state index contributed by atoms with van der Waals surface area (Å²) in [6, 6.07) is 0. The fourth-order valence-corrected chi connectivity index (χ4v) is 10.2. The first-order chi connectivity index (χ1) is 15.3. The van der Waals surface area contributed by atoms with Crippen LogP contribution in [-0.2, 0) is 14.9 Å². The molecule has 4 saturated carbocycles. The van der Waals surface area contributed by atoms with Gasteiger partial charge in [-0.25, -0.2) is 0 Å². The van der Waals surface area contributed by atoms with Crippen LogP contribution < -0.4 is 34.7 Å². The summed E-state index contributed by atoms with van der Waals surface area (Å²) in [7, 11) is -4.70. The molecule has 0 aromatic carbocycles. The van der Waals surface area contributed by atoms with Crippen molar-refractivity contribution in [2.75, 3.05) is 0 Å². The van der Waals surface area contributed by atoms with Crippen LogP contribution >= 0.6 is 0 Å². The fraction of sp³-hybridized carbons (Fsp3) is 0.963. The summed E-state index contributed by atoms with van der Waals surface area (Å²) in [6.45, 7) is 8.49. The molecule has 2 unspecified atom stereocenters. The SMILES string of the molecule is C[C@H](CCCC(C)(C(=O)[O-])S(=O)(=O)O)[C@H]1CC[C@H]2[C@@H]3CCC4CCCC[C@]4(C)[C@H]3CC[C@]12C.[Na+]. The van der Waals surface area contributed by atoms with Gasteiger partial charge < -0.3 is 9.90 Å². The van der Waals surface area contributed by atoms with Gasteiger partial charge in [0.15, 0.2) is 0 Å². The predicted octanol–water partition coefficient (Wildman–Crippen LogP) is 2.24. The number of aliphatic carboxylic acids is 1. The normalized spacial score (nSPS) is 42.3. The molecule has 0 aromatic heterocycles. The maximum Gasteiger partial charge on any atom is 1.00 e. The van der Waals surface area contributed by atoms with Crippen molar-refractivity contribution in [1.82, 2.24) is 0 Å². The van der Waals surface area contributed by atoms with E-state index in [2.05, 4.69) is 20.8 Å². The number of carbonyl (C=O) groups is 1. The van der Waals surface area contributed by atoms with Gasteiger partial charge in [-0.15, -0.1) is 0 Å². The predicted molar refractivity (Wildman–Crippen MR) is 128 cm³/mol. The van der Waals surface area contributed by atoms with Crippen molar-refractivity contribution in [3.8, 4) is 0 Å². The second kappa shape index (κ2) is 10.3. The van der Waals surface area contributed by atoms with Crippen molar-refractivity contribution in [3.63, 3.8) is 0 Å². The number of hydrogen-bond acceptors (Lipinski definition) is 4. The van der Waals surface area contributed by atoms with Crippen LogP contribution in [-0.4, -0.2) is 23.7 Å². The van der Waals surface area contributed by atoms with Crippen molar-refractivity contribution in [2.24, 2.45) is 46.3 Å². The molecule has 7 heteroatoms. The second-order valence-electron chi connectivity index (χ2n) is 13.0. The van der Waals surface area contributed by atoms with Crippen molar-refractivity contribution in [2.45, 2.75) is 116 Å². The Hall–Kier alpha value is 0.380. The molecule has 0 radical (unpaired) electrons. The molecule has 0 saturated heterocycles. The van der Waals surface area contributed by atoms with Crippen molar-refractivity contribution in [1.29, 1.82) is 0 Å². The summed E-state index contributed by atoms with van der Waals surface area (Å²) in [6.07, 6.45) is 14.9. The molecular weight excluding hydrogens is 459 g/mol. The summed E-state index contributed by atoms with van der Waals surface area (Å²) in [5.74, 6) is 2.81. The van der Waals surface area contributed by atoms with E-state index in [1.165, 1.54) is 64.2 Å². The molecule has 4 fully saturated rings. The summed E-state index contributed by atoms with van der Waals surface area (Å²) >= 11 is 0. The number of carboxylic acids is 1. The van der Waals surface area contributed by atoms with E-state index in [-0.39, 0.29) is 36.0 Å². The van der Waals surface area contributed by atoms with Gasteiger partial charge in [0, 0.05) is 0 Å². The first-order valence-electron chi connectivity index (χ1n) is 13.5.